The highest BCUT2D eigenvalue weighted by Gasteiger charge is 2.48. The van der Waals surface area contributed by atoms with Crippen molar-refractivity contribution in [1.29, 1.82) is 15.8 Å². The molecule has 0 atom stereocenters. The number of hydrogen-bond acceptors (Lipinski definition) is 7. The molecule has 128 valence electrons. The van der Waals surface area contributed by atoms with Crippen LogP contribution in [0.25, 0.3) is 0 Å². The minimum absolute atomic E-state index is 0.142. The Bertz CT molecular complexity index is 516. The van der Waals surface area contributed by atoms with E-state index in [1.807, 2.05) is 0 Å². The molecule has 14 heteroatoms. The normalized spacial score (nSPS) is 13.0. The second-order valence-electron chi connectivity index (χ2n) is 3.64. The lowest BCUT2D eigenvalue weighted by atomic mass is 10.5. The monoisotopic (exact) mass is 477 g/mol. The number of rotatable bonds is 9. The van der Waals surface area contributed by atoms with Gasteiger partial charge in [-0.1, -0.05) is 69.6 Å². The lowest BCUT2D eigenvalue weighted by molar-refractivity contribution is 0.159. The summed E-state index contributed by atoms with van der Waals surface area (Å²) in [6.45, 7) is -4.50. The van der Waals surface area contributed by atoms with E-state index in [4.69, 9.17) is 94.4 Å². The Morgan fingerprint density at radius 2 is 1.17 bits per heavy atom. The van der Waals surface area contributed by atoms with Gasteiger partial charge in [0.1, 0.15) is 0 Å². The molecule has 6 nitrogen and oxygen atoms in total. The maximum absolute atomic E-state index is 12.8. The van der Waals surface area contributed by atoms with Crippen LogP contribution >= 0.6 is 87.8 Å². The van der Waals surface area contributed by atoms with Crippen LogP contribution in [0.5, 0.6) is 0 Å². The highest BCUT2D eigenvalue weighted by molar-refractivity contribution is 8.56. The fourth-order valence-corrected chi connectivity index (χ4v) is 7.89. The second-order valence-corrected chi connectivity index (χ2v) is 12.4. The van der Waals surface area contributed by atoms with Crippen LogP contribution in [0.15, 0.2) is 0 Å². The summed E-state index contributed by atoms with van der Waals surface area (Å²) in [6.07, 6.45) is -1.69. The van der Waals surface area contributed by atoms with Gasteiger partial charge in [-0.05, 0) is 11.4 Å². The summed E-state index contributed by atoms with van der Waals surface area (Å²) in [5.74, 6) is 0. The summed E-state index contributed by atoms with van der Waals surface area (Å²) in [5, 5.41) is 25.8. The van der Waals surface area contributed by atoms with E-state index in [1.54, 1.807) is 18.2 Å². The molecule has 0 aliphatic rings. The Labute approximate surface area is 166 Å². The van der Waals surface area contributed by atoms with Gasteiger partial charge in [-0.25, -0.2) is 4.57 Å². The van der Waals surface area contributed by atoms with Gasteiger partial charge in [0.05, 0.1) is 37.5 Å². The Balaban J connectivity index is 5.54. The van der Waals surface area contributed by atoms with E-state index in [1.165, 1.54) is 0 Å². The van der Waals surface area contributed by atoms with E-state index < -0.39 is 38.8 Å². The number of nitrogens with zero attached hydrogens (tertiary/aromatic N) is 3. The highest BCUT2D eigenvalue weighted by atomic mass is 35.5. The number of hydrogen-bond donors (Lipinski definition) is 0. The average molecular weight is 480 g/mol. The Morgan fingerprint density at radius 3 is 1.48 bits per heavy atom. The van der Waals surface area contributed by atoms with Gasteiger partial charge in [-0.2, -0.15) is 15.8 Å². The zero-order valence-electron chi connectivity index (χ0n) is 10.8. The summed E-state index contributed by atoms with van der Waals surface area (Å²) in [7, 11) is 0. The topological polar surface area (TPSA) is 107 Å². The fraction of sp³-hybridized carbons (Fsp3) is 0.667. The molecule has 0 fully saturated rings. The van der Waals surface area contributed by atoms with Gasteiger partial charge in [0.2, 0.25) is 9.04 Å². The van der Waals surface area contributed by atoms with Gasteiger partial charge in [0.25, 0.3) is 0 Å². The van der Waals surface area contributed by atoms with Gasteiger partial charge in [-0.15, -0.1) is 0 Å². The molecule has 0 N–H and O–H groups in total. The third-order valence-electron chi connectivity index (χ3n) is 1.59. The van der Waals surface area contributed by atoms with Crippen molar-refractivity contribution in [2.75, 3.05) is 0 Å². The predicted octanol–water partition coefficient (Wildman–Crippen LogP) is 6.00. The molecule has 0 aromatic carbocycles. The molecule has 0 bridgehead atoms. The first-order chi connectivity index (χ1) is 10.3. The number of alkyl halides is 6. The summed E-state index contributed by atoms with van der Waals surface area (Å²) in [5.41, 5.74) is 0. The third kappa shape index (κ3) is 10.3. The molecule has 0 aliphatic heterocycles. The molecule has 0 saturated heterocycles. The first-order valence-electron chi connectivity index (χ1n) is 5.27. The van der Waals surface area contributed by atoms with Crippen molar-refractivity contribution in [2.45, 2.75) is 32.0 Å². The zero-order valence-corrected chi connectivity index (χ0v) is 17.1. The summed E-state index contributed by atoms with van der Waals surface area (Å²) < 4.78 is 16.1. The SMILES string of the molecule is N#CCC(Cl)(Cl)OP(=O)(OC(Cl)(Cl)CC#N)SC(Cl)(Cl)CC#N. The van der Waals surface area contributed by atoms with Crippen molar-refractivity contribution in [2.24, 2.45) is 0 Å². The predicted molar refractivity (Wildman–Crippen MR) is 91.4 cm³/mol. The molecular formula is C9H6Cl6N3O3PS. The van der Waals surface area contributed by atoms with Crippen LogP contribution in [-0.4, -0.2) is 12.7 Å². The van der Waals surface area contributed by atoms with Crippen LogP contribution < -0.4 is 0 Å². The van der Waals surface area contributed by atoms with Crippen LogP contribution in [0.3, 0.4) is 0 Å². The maximum Gasteiger partial charge on any atom is 0.397 e. The van der Waals surface area contributed by atoms with Crippen LogP contribution in [0.2, 0.25) is 0 Å². The van der Waals surface area contributed by atoms with E-state index in [9.17, 15) is 4.57 Å². The Morgan fingerprint density at radius 1 is 0.826 bits per heavy atom. The van der Waals surface area contributed by atoms with E-state index in [0.29, 0.717) is 0 Å². The summed E-state index contributed by atoms with van der Waals surface area (Å²) in [6, 6.07) is 4.84. The first-order valence-corrected chi connectivity index (χ1v) is 10.5. The van der Waals surface area contributed by atoms with Crippen LogP contribution in [0.1, 0.15) is 19.3 Å². The Hall–Kier alpha value is 0.710. The molecule has 23 heavy (non-hydrogen) atoms. The van der Waals surface area contributed by atoms with Crippen molar-refractivity contribution >= 4 is 87.8 Å². The molecule has 0 amide bonds. The molecule has 0 radical (unpaired) electrons. The van der Waals surface area contributed by atoms with E-state index in [0.717, 1.165) is 0 Å². The third-order valence-corrected chi connectivity index (χ3v) is 8.00. The molecule has 0 spiro atoms. The molecule has 0 rings (SSSR count). The Kier molecular flexibility index (Phi) is 9.71. The quantitative estimate of drug-likeness (QED) is 0.295. The van der Waals surface area contributed by atoms with E-state index >= 15 is 0 Å². The second kappa shape index (κ2) is 9.42. The largest absolute Gasteiger partial charge is 0.397 e. The van der Waals surface area contributed by atoms with Crippen LogP contribution in [0.4, 0.5) is 0 Å². The minimum atomic E-state index is -4.50. The van der Waals surface area contributed by atoms with E-state index in [2.05, 4.69) is 0 Å². The molecule has 0 aliphatic carbocycles. The van der Waals surface area contributed by atoms with Gasteiger partial charge >= 0.3 is 6.80 Å². The van der Waals surface area contributed by atoms with Crippen molar-refractivity contribution < 1.29 is 13.6 Å². The molecule has 0 aromatic heterocycles. The lowest BCUT2D eigenvalue weighted by Crippen LogP contribution is -2.22. The van der Waals surface area contributed by atoms with Crippen molar-refractivity contribution in [3.05, 3.63) is 0 Å². The fourth-order valence-electron chi connectivity index (χ4n) is 0.920. The van der Waals surface area contributed by atoms with Gasteiger partial charge < -0.3 is 0 Å². The maximum atomic E-state index is 12.8. The van der Waals surface area contributed by atoms with Gasteiger partial charge in [0.15, 0.2) is 3.67 Å². The lowest BCUT2D eigenvalue weighted by Gasteiger charge is -2.30. The van der Waals surface area contributed by atoms with Gasteiger partial charge in [0, 0.05) is 0 Å². The van der Waals surface area contributed by atoms with Crippen molar-refractivity contribution in [3.8, 4) is 18.2 Å². The average Bonchev–Trinajstić information content (AvgIpc) is 2.23. The van der Waals surface area contributed by atoms with Crippen LogP contribution in [0, 0.1) is 34.0 Å². The number of nitriles is 3. The zero-order chi connectivity index (χ0) is 18.4. The van der Waals surface area contributed by atoms with Gasteiger partial charge in [-0.3, -0.25) is 9.05 Å². The standard InChI is InChI=1S/C9H6Cl6N3O3PS/c10-7(11,1-4-16)20-22(19,21-8(12,13)2-5-17)23-9(14,15)3-6-18/h1-3H2. The molecule has 0 aromatic rings. The highest BCUT2D eigenvalue weighted by Crippen LogP contribution is 2.72. The number of halogens is 6. The summed E-state index contributed by atoms with van der Waals surface area (Å²) in [4.78, 5) is 0. The van der Waals surface area contributed by atoms with Crippen LogP contribution in [-0.2, 0) is 13.6 Å². The smallest absolute Gasteiger partial charge is 0.262 e. The summed E-state index contributed by atoms with van der Waals surface area (Å²) >= 11 is 34.5. The van der Waals surface area contributed by atoms with E-state index in [-0.39, 0.29) is 11.4 Å². The molecule has 0 heterocycles. The molecule has 0 saturated carbocycles. The first kappa shape index (κ1) is 23.7. The van der Waals surface area contributed by atoms with Crippen molar-refractivity contribution in [3.63, 3.8) is 0 Å². The minimum Gasteiger partial charge on any atom is -0.262 e. The molecular weight excluding hydrogens is 474 g/mol. The van der Waals surface area contributed by atoms with Crippen molar-refractivity contribution in [1.82, 2.24) is 0 Å². The molecule has 0 unspecified atom stereocenters.